The van der Waals surface area contributed by atoms with E-state index in [-0.39, 0.29) is 11.9 Å². The van der Waals surface area contributed by atoms with Crippen molar-refractivity contribution < 1.29 is 4.79 Å². The van der Waals surface area contributed by atoms with Crippen LogP contribution in [0.3, 0.4) is 0 Å². The lowest BCUT2D eigenvalue weighted by Gasteiger charge is -2.36. The largest absolute Gasteiger partial charge is 0.354 e. The number of carbonyl (C=O) groups excluding carboxylic acids is 1. The molecular formula is C13H27N3O. The van der Waals surface area contributed by atoms with Crippen molar-refractivity contribution in [2.24, 2.45) is 17.6 Å². The Balaban J connectivity index is 2.26. The van der Waals surface area contributed by atoms with E-state index in [0.717, 1.165) is 32.1 Å². The van der Waals surface area contributed by atoms with Crippen molar-refractivity contribution in [2.75, 3.05) is 26.2 Å². The van der Waals surface area contributed by atoms with Gasteiger partial charge in [-0.05, 0) is 45.2 Å². The molecule has 1 rings (SSSR count). The van der Waals surface area contributed by atoms with Gasteiger partial charge >= 0.3 is 0 Å². The Hall–Kier alpha value is -0.610. The average Bonchev–Trinajstić information content (AvgIpc) is 2.27. The van der Waals surface area contributed by atoms with Crippen LogP contribution in [0.2, 0.25) is 0 Å². The second-order valence-electron chi connectivity index (χ2n) is 5.53. The van der Waals surface area contributed by atoms with E-state index >= 15 is 0 Å². The fraction of sp³-hybridized carbons (Fsp3) is 0.923. The number of hydrogen-bond acceptors (Lipinski definition) is 3. The first-order valence-corrected chi connectivity index (χ1v) is 6.74. The van der Waals surface area contributed by atoms with Crippen LogP contribution in [0.25, 0.3) is 0 Å². The first-order valence-electron chi connectivity index (χ1n) is 6.74. The summed E-state index contributed by atoms with van der Waals surface area (Å²) in [4.78, 5) is 13.9. The predicted octanol–water partition coefficient (Wildman–Crippen LogP) is 0.818. The molecule has 3 N–H and O–H groups in total. The summed E-state index contributed by atoms with van der Waals surface area (Å²) in [5, 5.41) is 2.93. The minimum atomic E-state index is 0.155. The highest BCUT2D eigenvalue weighted by molar-refractivity contribution is 5.76. The molecule has 2 atom stereocenters. The van der Waals surface area contributed by atoms with Crippen molar-refractivity contribution in [1.29, 1.82) is 0 Å². The van der Waals surface area contributed by atoms with Crippen molar-refractivity contribution in [3.05, 3.63) is 0 Å². The van der Waals surface area contributed by atoms with Crippen LogP contribution in [-0.2, 0) is 4.79 Å². The number of carbonyl (C=O) groups is 1. The molecule has 0 spiro atoms. The SMILES string of the molecule is CC(C)NC(=O)CCN1CCC(C)C(CN)C1. The maximum atomic E-state index is 11.5. The number of hydrogen-bond donors (Lipinski definition) is 2. The van der Waals surface area contributed by atoms with Gasteiger partial charge in [0.25, 0.3) is 0 Å². The maximum Gasteiger partial charge on any atom is 0.221 e. The van der Waals surface area contributed by atoms with E-state index in [1.807, 2.05) is 13.8 Å². The number of nitrogens with one attached hydrogen (secondary N) is 1. The molecule has 1 fully saturated rings. The highest BCUT2D eigenvalue weighted by Crippen LogP contribution is 2.22. The van der Waals surface area contributed by atoms with Gasteiger partial charge in [0.1, 0.15) is 0 Å². The summed E-state index contributed by atoms with van der Waals surface area (Å²) in [5.41, 5.74) is 5.77. The number of nitrogens with two attached hydrogens (primary N) is 1. The highest BCUT2D eigenvalue weighted by atomic mass is 16.1. The maximum absolute atomic E-state index is 11.5. The van der Waals surface area contributed by atoms with Crippen molar-refractivity contribution >= 4 is 5.91 Å². The Labute approximate surface area is 105 Å². The molecule has 2 unspecified atom stereocenters. The number of piperidine rings is 1. The predicted molar refractivity (Wildman–Crippen MR) is 70.7 cm³/mol. The van der Waals surface area contributed by atoms with Gasteiger partial charge in [-0.1, -0.05) is 6.92 Å². The summed E-state index contributed by atoms with van der Waals surface area (Å²) in [6.45, 7) is 10.0. The quantitative estimate of drug-likeness (QED) is 0.749. The summed E-state index contributed by atoms with van der Waals surface area (Å²) < 4.78 is 0. The van der Waals surface area contributed by atoms with E-state index in [1.54, 1.807) is 0 Å². The van der Waals surface area contributed by atoms with E-state index in [9.17, 15) is 4.79 Å². The summed E-state index contributed by atoms with van der Waals surface area (Å²) in [5.74, 6) is 1.47. The Bertz CT molecular complexity index is 243. The fourth-order valence-corrected chi connectivity index (χ4v) is 2.39. The van der Waals surface area contributed by atoms with E-state index in [0.29, 0.717) is 12.3 Å². The summed E-state index contributed by atoms with van der Waals surface area (Å²) in [7, 11) is 0. The van der Waals surface area contributed by atoms with Crippen molar-refractivity contribution in [1.82, 2.24) is 10.2 Å². The Morgan fingerprint density at radius 1 is 1.53 bits per heavy atom. The summed E-state index contributed by atoms with van der Waals surface area (Å²) in [6, 6.07) is 0.237. The van der Waals surface area contributed by atoms with Crippen LogP contribution < -0.4 is 11.1 Å². The highest BCUT2D eigenvalue weighted by Gasteiger charge is 2.24. The Morgan fingerprint density at radius 2 is 2.24 bits per heavy atom. The summed E-state index contributed by atoms with van der Waals surface area (Å²) >= 11 is 0. The smallest absolute Gasteiger partial charge is 0.221 e. The standard InChI is InChI=1S/C13H27N3O/c1-10(2)15-13(17)5-7-16-6-4-11(3)12(8-14)9-16/h10-12H,4-9,14H2,1-3H3,(H,15,17). The van der Waals surface area contributed by atoms with Crippen molar-refractivity contribution in [3.63, 3.8) is 0 Å². The van der Waals surface area contributed by atoms with Gasteiger partial charge in [-0.2, -0.15) is 0 Å². The number of nitrogens with zero attached hydrogens (tertiary/aromatic N) is 1. The average molecular weight is 241 g/mol. The second kappa shape index (κ2) is 6.97. The van der Waals surface area contributed by atoms with Crippen LogP contribution in [0.4, 0.5) is 0 Å². The second-order valence-corrected chi connectivity index (χ2v) is 5.53. The molecule has 100 valence electrons. The van der Waals surface area contributed by atoms with E-state index in [2.05, 4.69) is 17.1 Å². The van der Waals surface area contributed by atoms with Gasteiger partial charge in [-0.25, -0.2) is 0 Å². The molecule has 0 aromatic carbocycles. The van der Waals surface area contributed by atoms with E-state index in [4.69, 9.17) is 5.73 Å². The zero-order chi connectivity index (χ0) is 12.8. The first-order chi connectivity index (χ1) is 8.02. The Morgan fingerprint density at radius 3 is 2.82 bits per heavy atom. The molecule has 17 heavy (non-hydrogen) atoms. The third kappa shape index (κ3) is 5.04. The number of rotatable bonds is 5. The van der Waals surface area contributed by atoms with Gasteiger partial charge < -0.3 is 16.0 Å². The van der Waals surface area contributed by atoms with Gasteiger partial charge in [0.15, 0.2) is 0 Å². The van der Waals surface area contributed by atoms with E-state index < -0.39 is 0 Å². The molecule has 4 heteroatoms. The van der Waals surface area contributed by atoms with Crippen LogP contribution >= 0.6 is 0 Å². The van der Waals surface area contributed by atoms with Crippen LogP contribution in [0.5, 0.6) is 0 Å². The minimum absolute atomic E-state index is 0.155. The molecule has 1 aliphatic heterocycles. The first kappa shape index (κ1) is 14.5. The normalized spacial score (nSPS) is 26.2. The monoisotopic (exact) mass is 241 g/mol. The molecule has 4 nitrogen and oxygen atoms in total. The molecule has 1 aliphatic rings. The lowest BCUT2D eigenvalue weighted by Crippen LogP contribution is -2.44. The fourth-order valence-electron chi connectivity index (χ4n) is 2.39. The number of amides is 1. The van der Waals surface area contributed by atoms with Crippen molar-refractivity contribution in [3.8, 4) is 0 Å². The van der Waals surface area contributed by atoms with Gasteiger partial charge in [0, 0.05) is 25.6 Å². The third-order valence-corrected chi connectivity index (χ3v) is 3.61. The molecular weight excluding hydrogens is 214 g/mol. The lowest BCUT2D eigenvalue weighted by atomic mass is 9.87. The zero-order valence-corrected chi connectivity index (χ0v) is 11.4. The molecule has 0 aliphatic carbocycles. The topological polar surface area (TPSA) is 58.4 Å². The minimum Gasteiger partial charge on any atom is -0.354 e. The molecule has 0 radical (unpaired) electrons. The molecule has 0 aromatic heterocycles. The lowest BCUT2D eigenvalue weighted by molar-refractivity contribution is -0.122. The van der Waals surface area contributed by atoms with Crippen LogP contribution in [0, 0.1) is 11.8 Å². The van der Waals surface area contributed by atoms with Crippen LogP contribution in [0.15, 0.2) is 0 Å². The third-order valence-electron chi connectivity index (χ3n) is 3.61. The zero-order valence-electron chi connectivity index (χ0n) is 11.4. The molecule has 1 heterocycles. The molecule has 0 saturated carbocycles. The number of likely N-dealkylation sites (tertiary alicyclic amines) is 1. The Kier molecular flexibility index (Phi) is 5.92. The van der Waals surface area contributed by atoms with Gasteiger partial charge in [0.05, 0.1) is 0 Å². The molecule has 0 bridgehead atoms. The summed E-state index contributed by atoms with van der Waals surface area (Å²) in [6.07, 6.45) is 1.80. The van der Waals surface area contributed by atoms with Gasteiger partial charge in [0.2, 0.25) is 5.91 Å². The van der Waals surface area contributed by atoms with E-state index in [1.165, 1.54) is 6.42 Å². The van der Waals surface area contributed by atoms with Crippen molar-refractivity contribution in [2.45, 2.75) is 39.7 Å². The van der Waals surface area contributed by atoms with Gasteiger partial charge in [-0.3, -0.25) is 4.79 Å². The molecule has 1 saturated heterocycles. The van der Waals surface area contributed by atoms with Crippen LogP contribution in [0.1, 0.15) is 33.6 Å². The van der Waals surface area contributed by atoms with Gasteiger partial charge in [-0.15, -0.1) is 0 Å². The van der Waals surface area contributed by atoms with Crippen LogP contribution in [-0.4, -0.2) is 43.0 Å². The molecule has 0 aromatic rings. The molecule has 1 amide bonds.